The average Bonchev–Trinajstić information content (AvgIpc) is 3.14. The van der Waals surface area contributed by atoms with Crippen LogP contribution in [0.3, 0.4) is 0 Å². The molecule has 1 amide bonds. The number of aromatic nitrogens is 3. The minimum atomic E-state index is -0.660. The third-order valence-corrected chi connectivity index (χ3v) is 5.00. The van der Waals surface area contributed by atoms with Crippen LogP contribution in [0, 0.1) is 17.6 Å². The summed E-state index contributed by atoms with van der Waals surface area (Å²) in [6, 6.07) is 4.59. The second kappa shape index (κ2) is 6.98. The van der Waals surface area contributed by atoms with Crippen molar-refractivity contribution in [2.24, 2.45) is 5.92 Å². The van der Waals surface area contributed by atoms with E-state index in [4.69, 9.17) is 11.6 Å². The molecule has 1 aliphatic heterocycles. The number of rotatable bonds is 4. The van der Waals surface area contributed by atoms with Crippen molar-refractivity contribution in [3.8, 4) is 0 Å². The molecule has 1 aliphatic rings. The summed E-state index contributed by atoms with van der Waals surface area (Å²) >= 11 is 6.33. The highest BCUT2D eigenvalue weighted by Crippen LogP contribution is 2.44. The van der Waals surface area contributed by atoms with E-state index >= 15 is 0 Å². The molecule has 1 unspecified atom stereocenters. The van der Waals surface area contributed by atoms with Gasteiger partial charge in [-0.3, -0.25) is 19.8 Å². The van der Waals surface area contributed by atoms with Crippen molar-refractivity contribution in [2.45, 2.75) is 26.3 Å². The van der Waals surface area contributed by atoms with Crippen molar-refractivity contribution in [1.29, 1.82) is 0 Å². The van der Waals surface area contributed by atoms with Gasteiger partial charge in [0.05, 0.1) is 29.8 Å². The topological polar surface area (TPSA) is 61.9 Å². The second-order valence-electron chi connectivity index (χ2n) is 7.16. The van der Waals surface area contributed by atoms with Crippen molar-refractivity contribution in [2.75, 3.05) is 4.90 Å². The largest absolute Gasteiger partial charge is 0.294 e. The summed E-state index contributed by atoms with van der Waals surface area (Å²) < 4.78 is 27.4. The molecule has 1 N–H and O–H groups in total. The lowest BCUT2D eigenvalue weighted by Gasteiger charge is -2.27. The third-order valence-electron chi connectivity index (χ3n) is 4.67. The average molecular weight is 403 g/mol. The molecule has 4 rings (SSSR count). The molecule has 28 heavy (non-hydrogen) atoms. The van der Waals surface area contributed by atoms with Crippen molar-refractivity contribution < 1.29 is 13.6 Å². The molecule has 5 nitrogen and oxygen atoms in total. The molecular formula is C20H17ClF2N4O. The van der Waals surface area contributed by atoms with Crippen molar-refractivity contribution in [1.82, 2.24) is 15.2 Å². The minimum absolute atomic E-state index is 0.178. The van der Waals surface area contributed by atoms with Gasteiger partial charge in [0.2, 0.25) is 0 Å². The van der Waals surface area contributed by atoms with Gasteiger partial charge in [-0.25, -0.2) is 8.78 Å². The van der Waals surface area contributed by atoms with Crippen LogP contribution in [0.5, 0.6) is 0 Å². The number of hydrogen-bond donors (Lipinski definition) is 1. The predicted molar refractivity (Wildman–Crippen MR) is 101 cm³/mol. The molecule has 0 fully saturated rings. The van der Waals surface area contributed by atoms with Crippen LogP contribution in [0.1, 0.15) is 47.2 Å². The number of halogens is 3. The number of nitrogens with zero attached hydrogens (tertiary/aromatic N) is 3. The first-order valence-electron chi connectivity index (χ1n) is 8.83. The summed E-state index contributed by atoms with van der Waals surface area (Å²) in [7, 11) is 0. The Labute approximate surface area is 165 Å². The van der Waals surface area contributed by atoms with E-state index in [9.17, 15) is 13.6 Å². The first-order chi connectivity index (χ1) is 13.4. The molecule has 3 aromatic rings. The number of carbonyl (C=O) groups is 1. The van der Waals surface area contributed by atoms with Crippen molar-refractivity contribution in [3.05, 3.63) is 75.8 Å². The Hall–Kier alpha value is -2.80. The van der Waals surface area contributed by atoms with E-state index in [1.54, 1.807) is 0 Å². The lowest BCUT2D eigenvalue weighted by molar-refractivity contribution is 0.0988. The number of hydrogen-bond acceptors (Lipinski definition) is 3. The standard InChI is InChI=1S/C20H17ClF2N4O/c1-10(2)5-16-17-18(26-25-16)20(28)27(13-6-12(23)8-24-9-13)19(17)14-4-3-11(22)7-15(14)21/h3-4,6-10,19H,5H2,1-2H3,(H,25,26). The van der Waals surface area contributed by atoms with Gasteiger partial charge in [-0.2, -0.15) is 5.10 Å². The summed E-state index contributed by atoms with van der Waals surface area (Å²) in [6.07, 6.45) is 3.12. The Morgan fingerprint density at radius 3 is 2.68 bits per heavy atom. The summed E-state index contributed by atoms with van der Waals surface area (Å²) in [5, 5.41) is 7.31. The van der Waals surface area contributed by atoms with Gasteiger partial charge in [0.1, 0.15) is 17.3 Å². The Kier molecular flexibility index (Phi) is 4.63. The molecule has 144 valence electrons. The summed E-state index contributed by atoms with van der Waals surface area (Å²) in [4.78, 5) is 18.4. The van der Waals surface area contributed by atoms with Gasteiger partial charge in [0, 0.05) is 16.7 Å². The summed E-state index contributed by atoms with van der Waals surface area (Å²) in [5.74, 6) is -1.11. The molecule has 8 heteroatoms. The monoisotopic (exact) mass is 402 g/mol. The fraction of sp³-hybridized carbons (Fsp3) is 0.250. The molecule has 2 aromatic heterocycles. The Bertz CT molecular complexity index is 1070. The first kappa shape index (κ1) is 18.6. The highest BCUT2D eigenvalue weighted by molar-refractivity contribution is 6.31. The number of aromatic amines is 1. The van der Waals surface area contributed by atoms with Crippen LogP contribution >= 0.6 is 11.6 Å². The van der Waals surface area contributed by atoms with Crippen LogP contribution in [-0.4, -0.2) is 21.1 Å². The zero-order valence-corrected chi connectivity index (χ0v) is 16.0. The molecule has 1 aromatic carbocycles. The number of carbonyl (C=O) groups excluding carboxylic acids is 1. The molecule has 0 bridgehead atoms. The molecule has 0 saturated carbocycles. The maximum Gasteiger partial charge on any atom is 0.277 e. The van der Waals surface area contributed by atoms with E-state index in [0.717, 1.165) is 11.9 Å². The summed E-state index contributed by atoms with van der Waals surface area (Å²) in [5.41, 5.74) is 2.55. The zero-order chi connectivity index (χ0) is 20.0. The maximum atomic E-state index is 13.8. The van der Waals surface area contributed by atoms with Crippen LogP contribution in [0.15, 0.2) is 36.7 Å². The van der Waals surface area contributed by atoms with Gasteiger partial charge in [-0.05, 0) is 30.0 Å². The molecule has 0 aliphatic carbocycles. The smallest absolute Gasteiger partial charge is 0.277 e. The minimum Gasteiger partial charge on any atom is -0.294 e. The molecule has 0 spiro atoms. The normalized spacial score (nSPS) is 16.1. The highest BCUT2D eigenvalue weighted by atomic mass is 35.5. The highest BCUT2D eigenvalue weighted by Gasteiger charge is 2.43. The van der Waals surface area contributed by atoms with E-state index in [-0.39, 0.29) is 16.6 Å². The van der Waals surface area contributed by atoms with Crippen molar-refractivity contribution >= 4 is 23.2 Å². The molecule has 0 radical (unpaired) electrons. The van der Waals surface area contributed by atoms with Gasteiger partial charge in [0.15, 0.2) is 0 Å². The van der Waals surface area contributed by atoms with E-state index in [0.29, 0.717) is 29.2 Å². The number of fused-ring (bicyclic) bond motifs is 1. The van der Waals surface area contributed by atoms with Gasteiger partial charge >= 0.3 is 0 Å². The Balaban J connectivity index is 1.93. The number of nitrogens with one attached hydrogen (secondary N) is 1. The lowest BCUT2D eigenvalue weighted by Crippen LogP contribution is -2.30. The molecule has 1 atom stereocenters. The zero-order valence-electron chi connectivity index (χ0n) is 15.2. The Morgan fingerprint density at radius 1 is 1.21 bits per heavy atom. The van der Waals surface area contributed by atoms with Crippen LogP contribution in [0.2, 0.25) is 5.02 Å². The lowest BCUT2D eigenvalue weighted by atomic mass is 9.95. The molecule has 3 heterocycles. The number of H-pyrrole nitrogens is 1. The predicted octanol–water partition coefficient (Wildman–Crippen LogP) is 4.68. The van der Waals surface area contributed by atoms with E-state index in [2.05, 4.69) is 15.2 Å². The number of pyridine rings is 1. The second-order valence-corrected chi connectivity index (χ2v) is 7.57. The van der Waals surface area contributed by atoms with Gasteiger partial charge in [-0.1, -0.05) is 31.5 Å². The van der Waals surface area contributed by atoms with Crippen LogP contribution in [-0.2, 0) is 6.42 Å². The third kappa shape index (κ3) is 3.05. The fourth-order valence-corrected chi connectivity index (χ4v) is 3.84. The van der Waals surface area contributed by atoms with E-state index in [1.807, 2.05) is 13.8 Å². The first-order valence-corrected chi connectivity index (χ1v) is 9.20. The van der Waals surface area contributed by atoms with Crippen molar-refractivity contribution in [3.63, 3.8) is 0 Å². The van der Waals surface area contributed by atoms with Gasteiger partial charge in [0.25, 0.3) is 5.91 Å². The van der Waals surface area contributed by atoms with Crippen LogP contribution < -0.4 is 4.90 Å². The quantitative estimate of drug-likeness (QED) is 0.689. The van der Waals surface area contributed by atoms with E-state index < -0.39 is 17.7 Å². The van der Waals surface area contributed by atoms with Gasteiger partial charge in [-0.15, -0.1) is 0 Å². The van der Waals surface area contributed by atoms with Crippen LogP contribution in [0.25, 0.3) is 0 Å². The number of anilines is 1. The van der Waals surface area contributed by atoms with Crippen LogP contribution in [0.4, 0.5) is 14.5 Å². The molecule has 0 saturated heterocycles. The maximum absolute atomic E-state index is 13.8. The molecular weight excluding hydrogens is 386 g/mol. The Morgan fingerprint density at radius 2 is 2.00 bits per heavy atom. The number of benzene rings is 1. The number of amides is 1. The summed E-state index contributed by atoms with van der Waals surface area (Å²) in [6.45, 7) is 4.10. The SMILES string of the molecule is CC(C)Cc1n[nH]c2c1C(c1ccc(F)cc1Cl)N(c1cncc(F)c1)C2=O. The van der Waals surface area contributed by atoms with E-state index in [1.165, 1.54) is 35.4 Å². The fourth-order valence-electron chi connectivity index (χ4n) is 3.57. The van der Waals surface area contributed by atoms with Gasteiger partial charge < -0.3 is 0 Å².